The first-order chi connectivity index (χ1) is 18.4. The lowest BCUT2D eigenvalue weighted by molar-refractivity contribution is -0.140. The van der Waals surface area contributed by atoms with Crippen LogP contribution in [0, 0.1) is 29.6 Å². The second kappa shape index (κ2) is 8.13. The highest BCUT2D eigenvalue weighted by Gasteiger charge is 2.75. The summed E-state index contributed by atoms with van der Waals surface area (Å²) >= 11 is 12.9. The summed E-state index contributed by atoms with van der Waals surface area (Å²) in [6.45, 7) is 0. The van der Waals surface area contributed by atoms with E-state index in [1.165, 1.54) is 0 Å². The number of hydrogen-bond acceptors (Lipinski definition) is 4. The lowest BCUT2D eigenvalue weighted by Gasteiger charge is -2.53. The molecule has 0 aromatic heterocycles. The fourth-order valence-electron chi connectivity index (χ4n) is 7.22. The predicted molar refractivity (Wildman–Crippen MR) is 143 cm³/mol. The molecule has 2 aliphatic heterocycles. The number of allylic oxidation sites excluding steroid dienone is 2. The maximum atomic E-state index is 14.2. The van der Waals surface area contributed by atoms with Crippen molar-refractivity contribution in [2.45, 2.75) is 5.41 Å². The van der Waals surface area contributed by atoms with Crippen LogP contribution in [0.3, 0.4) is 0 Å². The van der Waals surface area contributed by atoms with Crippen LogP contribution in [0.4, 0.5) is 11.4 Å². The average Bonchev–Trinajstić information content (AvgIpc) is 3.37. The third-order valence-electron chi connectivity index (χ3n) is 8.62. The lowest BCUT2D eigenvalue weighted by Crippen LogP contribution is -2.60. The molecule has 188 valence electrons. The number of hydrogen-bond donors (Lipinski definition) is 0. The van der Waals surface area contributed by atoms with Crippen molar-refractivity contribution in [3.63, 3.8) is 0 Å². The van der Waals surface area contributed by atoms with Crippen LogP contribution in [0.15, 0.2) is 91.0 Å². The average molecular weight is 543 g/mol. The van der Waals surface area contributed by atoms with Crippen LogP contribution in [0.5, 0.6) is 0 Å². The fourth-order valence-corrected chi connectivity index (χ4v) is 7.66. The van der Waals surface area contributed by atoms with Gasteiger partial charge in [-0.1, -0.05) is 90.0 Å². The van der Waals surface area contributed by atoms with Crippen LogP contribution in [0.25, 0.3) is 0 Å². The van der Waals surface area contributed by atoms with Crippen molar-refractivity contribution in [1.29, 1.82) is 0 Å². The number of halogens is 2. The van der Waals surface area contributed by atoms with Crippen molar-refractivity contribution in [3.05, 3.63) is 107 Å². The molecule has 3 aromatic carbocycles. The highest BCUT2D eigenvalue weighted by Crippen LogP contribution is 2.65. The molecule has 3 fully saturated rings. The van der Waals surface area contributed by atoms with Gasteiger partial charge in [-0.25, -0.2) is 9.80 Å². The molecule has 2 heterocycles. The predicted octanol–water partition coefficient (Wildman–Crippen LogP) is 5.04. The molecule has 5 aliphatic rings. The van der Waals surface area contributed by atoms with Gasteiger partial charge in [-0.05, 0) is 29.8 Å². The quantitative estimate of drug-likeness (QED) is 0.343. The van der Waals surface area contributed by atoms with E-state index in [0.717, 1.165) is 9.80 Å². The van der Waals surface area contributed by atoms with E-state index < -0.39 is 58.6 Å². The Bertz CT molecular complexity index is 1500. The van der Waals surface area contributed by atoms with E-state index in [0.29, 0.717) is 16.9 Å². The van der Waals surface area contributed by atoms with Gasteiger partial charge in [0.15, 0.2) is 0 Å². The van der Waals surface area contributed by atoms with Gasteiger partial charge in [0.25, 0.3) is 0 Å². The number of para-hydroxylation sites is 2. The van der Waals surface area contributed by atoms with Gasteiger partial charge in [-0.3, -0.25) is 19.2 Å². The number of nitrogens with zero attached hydrogens (tertiary/aromatic N) is 2. The standard InChI is InChI=1S/C30H20Cl2N2O4/c31-18-10-4-6-12-20(18)33-26(35)22-17-14-15-30(24(22)28(33)37,16-8-2-1-3-9-16)25-23(17)27(36)34(29(25)38)21-13-7-5-11-19(21)32/h1-15,17,22-25H/t17?,22-,23-,24-,25+,30?/m0/s1. The van der Waals surface area contributed by atoms with Gasteiger partial charge in [0.2, 0.25) is 23.6 Å². The number of rotatable bonds is 3. The number of benzene rings is 3. The van der Waals surface area contributed by atoms with E-state index in [1.54, 1.807) is 48.5 Å². The molecule has 8 rings (SSSR count). The van der Waals surface area contributed by atoms with Crippen LogP contribution in [-0.2, 0) is 24.6 Å². The zero-order valence-corrected chi connectivity index (χ0v) is 21.3. The number of carbonyl (C=O) groups excluding carboxylic acids is 4. The van der Waals surface area contributed by atoms with Gasteiger partial charge in [-0.15, -0.1) is 0 Å². The SMILES string of the molecule is O=C1[C@@H]2[C@@H](C(=O)N1c1ccccc1Cl)C1C=CC2(c2ccccc2)[C@H]2C(=O)N(c3ccccc3Cl)C(=O)[C@@H]12. The third kappa shape index (κ3) is 2.79. The maximum Gasteiger partial charge on any atom is 0.239 e. The van der Waals surface area contributed by atoms with E-state index in [4.69, 9.17) is 23.2 Å². The zero-order valence-electron chi connectivity index (χ0n) is 19.8. The van der Waals surface area contributed by atoms with Crippen molar-refractivity contribution in [2.75, 3.05) is 9.80 Å². The molecule has 3 aromatic rings. The Kier molecular flexibility index (Phi) is 5.00. The molecule has 6 atom stereocenters. The number of carbonyl (C=O) groups is 4. The highest BCUT2D eigenvalue weighted by molar-refractivity contribution is 6.37. The molecule has 4 amide bonds. The summed E-state index contributed by atoms with van der Waals surface area (Å²) in [5.74, 6) is -5.62. The Morgan fingerprint density at radius 2 is 1.03 bits per heavy atom. The van der Waals surface area contributed by atoms with Gasteiger partial charge in [0, 0.05) is 11.3 Å². The molecule has 0 radical (unpaired) electrons. The Labute approximate surface area is 228 Å². The van der Waals surface area contributed by atoms with E-state index in [-0.39, 0.29) is 10.0 Å². The smallest absolute Gasteiger partial charge is 0.239 e. The molecular formula is C30H20Cl2N2O4. The first-order valence-corrected chi connectivity index (χ1v) is 13.1. The van der Waals surface area contributed by atoms with Gasteiger partial charge in [-0.2, -0.15) is 0 Å². The molecule has 38 heavy (non-hydrogen) atoms. The minimum atomic E-state index is -1.20. The molecule has 1 saturated carbocycles. The summed E-state index contributed by atoms with van der Waals surface area (Å²) < 4.78 is 0. The van der Waals surface area contributed by atoms with Crippen LogP contribution in [0.2, 0.25) is 10.0 Å². The number of anilines is 2. The summed E-state index contributed by atoms with van der Waals surface area (Å²) in [4.78, 5) is 58.8. The second-order valence-electron chi connectivity index (χ2n) is 10.2. The van der Waals surface area contributed by atoms with Crippen LogP contribution in [-0.4, -0.2) is 23.6 Å². The minimum absolute atomic E-state index is 0.277. The van der Waals surface area contributed by atoms with Gasteiger partial charge < -0.3 is 0 Å². The Morgan fingerprint density at radius 3 is 1.50 bits per heavy atom. The maximum absolute atomic E-state index is 14.2. The van der Waals surface area contributed by atoms with E-state index >= 15 is 0 Å². The fraction of sp³-hybridized carbons (Fsp3) is 0.200. The zero-order chi connectivity index (χ0) is 26.3. The van der Waals surface area contributed by atoms with Crippen molar-refractivity contribution in [3.8, 4) is 0 Å². The normalized spacial score (nSPS) is 31.3. The monoisotopic (exact) mass is 542 g/mol. The topological polar surface area (TPSA) is 74.8 Å². The first kappa shape index (κ1) is 23.4. The summed E-state index contributed by atoms with van der Waals surface area (Å²) in [5.41, 5.74) is 0.128. The highest BCUT2D eigenvalue weighted by atomic mass is 35.5. The van der Waals surface area contributed by atoms with Crippen molar-refractivity contribution in [2.24, 2.45) is 29.6 Å². The summed E-state index contributed by atoms with van der Waals surface area (Å²) in [6.07, 6.45) is 3.75. The van der Waals surface area contributed by atoms with Gasteiger partial charge in [0.05, 0.1) is 45.1 Å². The van der Waals surface area contributed by atoms with E-state index in [9.17, 15) is 19.2 Å². The summed E-state index contributed by atoms with van der Waals surface area (Å²) in [5, 5.41) is 0.554. The molecule has 3 aliphatic carbocycles. The van der Waals surface area contributed by atoms with Gasteiger partial charge >= 0.3 is 0 Å². The number of imide groups is 2. The molecule has 2 saturated heterocycles. The first-order valence-electron chi connectivity index (χ1n) is 12.4. The van der Waals surface area contributed by atoms with Gasteiger partial charge in [0.1, 0.15) is 0 Å². The lowest BCUT2D eigenvalue weighted by atomic mass is 9.45. The van der Waals surface area contributed by atoms with Crippen LogP contribution < -0.4 is 9.80 Å². The van der Waals surface area contributed by atoms with Crippen LogP contribution in [0.1, 0.15) is 5.56 Å². The summed E-state index contributed by atoms with van der Waals surface area (Å²) in [7, 11) is 0. The Balaban J connectivity index is 1.45. The van der Waals surface area contributed by atoms with Crippen molar-refractivity contribution in [1.82, 2.24) is 0 Å². The van der Waals surface area contributed by atoms with E-state index in [1.807, 2.05) is 42.5 Å². The second-order valence-corrected chi connectivity index (χ2v) is 11.0. The molecule has 8 heteroatoms. The van der Waals surface area contributed by atoms with Crippen molar-refractivity contribution >= 4 is 58.2 Å². The Hall–Kier alpha value is -3.74. The molecule has 2 unspecified atom stereocenters. The number of amides is 4. The molecule has 0 spiro atoms. The Morgan fingerprint density at radius 1 is 0.579 bits per heavy atom. The summed E-state index contributed by atoms with van der Waals surface area (Å²) in [6, 6.07) is 22.6. The third-order valence-corrected chi connectivity index (χ3v) is 9.25. The molecule has 2 bridgehead atoms. The van der Waals surface area contributed by atoms with Crippen molar-refractivity contribution < 1.29 is 19.2 Å². The largest absolute Gasteiger partial charge is 0.274 e. The van der Waals surface area contributed by atoms with E-state index in [2.05, 4.69) is 0 Å². The molecule has 6 nitrogen and oxygen atoms in total. The van der Waals surface area contributed by atoms with Crippen LogP contribution >= 0.6 is 23.2 Å². The molecular weight excluding hydrogens is 523 g/mol. The minimum Gasteiger partial charge on any atom is -0.274 e. The molecule has 0 N–H and O–H groups in total.